The first-order chi connectivity index (χ1) is 9.20. The molecule has 0 aliphatic rings. The van der Waals surface area contributed by atoms with Crippen molar-refractivity contribution in [1.82, 2.24) is 4.98 Å². The van der Waals surface area contributed by atoms with Crippen molar-refractivity contribution in [2.24, 2.45) is 0 Å². The highest BCUT2D eigenvalue weighted by molar-refractivity contribution is 7.98. The maximum absolute atomic E-state index is 9.81. The van der Waals surface area contributed by atoms with Gasteiger partial charge in [0.15, 0.2) is 0 Å². The highest BCUT2D eigenvalue weighted by Crippen LogP contribution is 2.18. The van der Waals surface area contributed by atoms with Gasteiger partial charge in [-0.3, -0.25) is 4.98 Å². The summed E-state index contributed by atoms with van der Waals surface area (Å²) in [6.07, 6.45) is 1.35. The van der Waals surface area contributed by atoms with Crippen LogP contribution >= 0.6 is 11.8 Å². The SMILES string of the molecule is COC(C)C(O)CSCc1cnc2ccccc2c1. The van der Waals surface area contributed by atoms with Crippen LogP contribution in [0.2, 0.25) is 0 Å². The summed E-state index contributed by atoms with van der Waals surface area (Å²) in [5.41, 5.74) is 2.20. The molecule has 0 aliphatic heterocycles. The van der Waals surface area contributed by atoms with Gasteiger partial charge in [0.25, 0.3) is 0 Å². The molecule has 0 radical (unpaired) electrons. The molecule has 4 heteroatoms. The van der Waals surface area contributed by atoms with Crippen molar-refractivity contribution in [1.29, 1.82) is 0 Å². The number of rotatable bonds is 6. The molecular weight excluding hydrogens is 258 g/mol. The van der Waals surface area contributed by atoms with Crippen molar-refractivity contribution in [3.05, 3.63) is 42.1 Å². The van der Waals surface area contributed by atoms with Gasteiger partial charge in [-0.05, 0) is 24.6 Å². The lowest BCUT2D eigenvalue weighted by Crippen LogP contribution is -2.27. The molecule has 1 N–H and O–H groups in total. The third-order valence-corrected chi connectivity index (χ3v) is 4.23. The quantitative estimate of drug-likeness (QED) is 0.881. The molecule has 0 spiro atoms. The summed E-state index contributed by atoms with van der Waals surface area (Å²) in [4.78, 5) is 4.43. The summed E-state index contributed by atoms with van der Waals surface area (Å²) in [5, 5.41) is 11.0. The summed E-state index contributed by atoms with van der Waals surface area (Å²) in [6.45, 7) is 1.88. The molecule has 102 valence electrons. The zero-order valence-corrected chi connectivity index (χ0v) is 12.1. The van der Waals surface area contributed by atoms with Gasteiger partial charge < -0.3 is 9.84 Å². The summed E-state index contributed by atoms with van der Waals surface area (Å²) < 4.78 is 5.10. The van der Waals surface area contributed by atoms with Gasteiger partial charge >= 0.3 is 0 Å². The standard InChI is InChI=1S/C15H19NO2S/c1-11(18-2)15(17)10-19-9-12-7-13-5-3-4-6-14(13)16-8-12/h3-8,11,15,17H,9-10H2,1-2H3. The van der Waals surface area contributed by atoms with Crippen LogP contribution in [-0.2, 0) is 10.5 Å². The van der Waals surface area contributed by atoms with Crippen molar-refractivity contribution in [2.75, 3.05) is 12.9 Å². The first-order valence-electron chi connectivity index (χ1n) is 6.33. The van der Waals surface area contributed by atoms with Crippen molar-refractivity contribution in [3.8, 4) is 0 Å². The van der Waals surface area contributed by atoms with Crippen molar-refractivity contribution >= 4 is 22.7 Å². The lowest BCUT2D eigenvalue weighted by molar-refractivity contribution is 0.0125. The van der Waals surface area contributed by atoms with E-state index < -0.39 is 6.10 Å². The molecule has 1 heterocycles. The number of hydrogen-bond donors (Lipinski definition) is 1. The maximum atomic E-state index is 9.81. The first kappa shape index (κ1) is 14.3. The van der Waals surface area contributed by atoms with Gasteiger partial charge in [0.2, 0.25) is 0 Å². The predicted molar refractivity (Wildman–Crippen MR) is 80.4 cm³/mol. The monoisotopic (exact) mass is 277 g/mol. The molecule has 0 saturated carbocycles. The Balaban J connectivity index is 1.91. The van der Waals surface area contributed by atoms with Crippen LogP contribution in [0.4, 0.5) is 0 Å². The molecule has 2 aromatic rings. The molecule has 0 saturated heterocycles. The highest BCUT2D eigenvalue weighted by Gasteiger charge is 2.12. The Morgan fingerprint density at radius 1 is 1.37 bits per heavy atom. The minimum absolute atomic E-state index is 0.123. The zero-order valence-electron chi connectivity index (χ0n) is 11.2. The number of fused-ring (bicyclic) bond motifs is 1. The molecule has 19 heavy (non-hydrogen) atoms. The molecule has 3 nitrogen and oxygen atoms in total. The summed E-state index contributed by atoms with van der Waals surface area (Å²) in [5.74, 6) is 1.52. The molecule has 0 fully saturated rings. The number of pyridine rings is 1. The van der Waals surface area contributed by atoms with Gasteiger partial charge in [-0.15, -0.1) is 0 Å². The van der Waals surface area contributed by atoms with E-state index in [0.29, 0.717) is 5.75 Å². The van der Waals surface area contributed by atoms with Gasteiger partial charge in [0, 0.05) is 30.2 Å². The number of ether oxygens (including phenoxy) is 1. The van der Waals surface area contributed by atoms with Crippen molar-refractivity contribution in [2.45, 2.75) is 24.9 Å². The molecule has 0 amide bonds. The van der Waals surface area contributed by atoms with Crippen LogP contribution in [-0.4, -0.2) is 35.2 Å². The average Bonchev–Trinajstić information content (AvgIpc) is 2.46. The summed E-state index contributed by atoms with van der Waals surface area (Å²) in [7, 11) is 1.62. The van der Waals surface area contributed by atoms with Crippen LogP contribution in [0.3, 0.4) is 0 Å². The van der Waals surface area contributed by atoms with Gasteiger partial charge in [0.1, 0.15) is 0 Å². The molecular formula is C15H19NO2S. The van der Waals surface area contributed by atoms with Crippen LogP contribution < -0.4 is 0 Å². The van der Waals surface area contributed by atoms with E-state index in [9.17, 15) is 5.11 Å². The Labute approximate surface area is 118 Å². The molecule has 0 aliphatic carbocycles. The number of aliphatic hydroxyl groups is 1. The topological polar surface area (TPSA) is 42.4 Å². The summed E-state index contributed by atoms with van der Waals surface area (Å²) >= 11 is 1.70. The molecule has 2 atom stereocenters. The molecule has 2 rings (SSSR count). The highest BCUT2D eigenvalue weighted by atomic mass is 32.2. The Morgan fingerprint density at radius 3 is 2.95 bits per heavy atom. The summed E-state index contributed by atoms with van der Waals surface area (Å²) in [6, 6.07) is 10.2. The van der Waals surface area contributed by atoms with Gasteiger partial charge in [-0.25, -0.2) is 0 Å². The Morgan fingerprint density at radius 2 is 2.16 bits per heavy atom. The smallest absolute Gasteiger partial charge is 0.0889 e. The fourth-order valence-electron chi connectivity index (χ4n) is 1.79. The van der Waals surface area contributed by atoms with Crippen LogP contribution in [0.15, 0.2) is 36.5 Å². The second kappa shape index (κ2) is 6.89. The first-order valence-corrected chi connectivity index (χ1v) is 7.48. The molecule has 0 bridgehead atoms. The fraction of sp³-hybridized carbons (Fsp3) is 0.400. The molecule has 2 unspecified atom stereocenters. The minimum atomic E-state index is -0.427. The van der Waals surface area contributed by atoms with Crippen LogP contribution in [0.25, 0.3) is 10.9 Å². The lowest BCUT2D eigenvalue weighted by Gasteiger charge is -2.16. The second-order valence-electron chi connectivity index (χ2n) is 4.56. The van der Waals surface area contributed by atoms with E-state index in [1.807, 2.05) is 31.3 Å². The molecule has 1 aromatic heterocycles. The van der Waals surface area contributed by atoms with E-state index in [1.54, 1.807) is 18.9 Å². The third-order valence-electron chi connectivity index (χ3n) is 3.12. The maximum Gasteiger partial charge on any atom is 0.0889 e. The molecule has 1 aromatic carbocycles. The van der Waals surface area contributed by atoms with E-state index in [0.717, 1.165) is 16.7 Å². The van der Waals surface area contributed by atoms with Crippen LogP contribution in [0.1, 0.15) is 12.5 Å². The Hall–Kier alpha value is -1.10. The Kier molecular flexibility index (Phi) is 5.19. The predicted octanol–water partition coefficient (Wildman–Crippen LogP) is 2.86. The number of hydrogen-bond acceptors (Lipinski definition) is 4. The largest absolute Gasteiger partial charge is 0.390 e. The number of aliphatic hydroxyl groups excluding tert-OH is 1. The van der Waals surface area contributed by atoms with E-state index >= 15 is 0 Å². The van der Waals surface area contributed by atoms with Crippen LogP contribution in [0.5, 0.6) is 0 Å². The zero-order chi connectivity index (χ0) is 13.7. The van der Waals surface area contributed by atoms with Gasteiger partial charge in [0.05, 0.1) is 17.7 Å². The number of aromatic nitrogens is 1. The normalized spacial score (nSPS) is 14.5. The fourth-order valence-corrected chi connectivity index (χ4v) is 2.81. The van der Waals surface area contributed by atoms with E-state index in [1.165, 1.54) is 5.56 Å². The average molecular weight is 277 g/mol. The lowest BCUT2D eigenvalue weighted by atomic mass is 10.2. The van der Waals surface area contributed by atoms with Crippen molar-refractivity contribution in [3.63, 3.8) is 0 Å². The number of nitrogens with zero attached hydrogens (tertiary/aromatic N) is 1. The second-order valence-corrected chi connectivity index (χ2v) is 5.59. The van der Waals surface area contributed by atoms with E-state index in [2.05, 4.69) is 17.1 Å². The van der Waals surface area contributed by atoms with E-state index in [4.69, 9.17) is 4.74 Å². The van der Waals surface area contributed by atoms with Crippen LogP contribution in [0, 0.1) is 0 Å². The Bertz CT molecular complexity index is 532. The van der Waals surface area contributed by atoms with Gasteiger partial charge in [-0.1, -0.05) is 18.2 Å². The van der Waals surface area contributed by atoms with E-state index in [-0.39, 0.29) is 6.10 Å². The van der Waals surface area contributed by atoms with Gasteiger partial charge in [-0.2, -0.15) is 11.8 Å². The number of benzene rings is 1. The minimum Gasteiger partial charge on any atom is -0.390 e. The number of para-hydroxylation sites is 1. The van der Waals surface area contributed by atoms with Crippen molar-refractivity contribution < 1.29 is 9.84 Å². The third kappa shape index (κ3) is 3.93. The number of methoxy groups -OCH3 is 1. The number of thioether (sulfide) groups is 1.